The van der Waals surface area contributed by atoms with Crippen molar-refractivity contribution in [3.8, 4) is 0 Å². The van der Waals surface area contributed by atoms with Crippen molar-refractivity contribution in [2.45, 2.75) is 0 Å². The number of rotatable bonds is 4. The predicted octanol–water partition coefficient (Wildman–Crippen LogP) is 4.24. The normalized spacial score (nSPS) is 11.1. The number of anilines is 1. The third-order valence-electron chi connectivity index (χ3n) is 4.15. The zero-order chi connectivity index (χ0) is 18.4. The van der Waals surface area contributed by atoms with Crippen LogP contribution in [0.1, 0.15) is 11.1 Å². The van der Waals surface area contributed by atoms with E-state index >= 15 is 0 Å². The Labute approximate surface area is 154 Å². The number of guanidine groups is 1. The molecule has 0 atom stereocenters. The molecule has 3 aromatic rings. The lowest BCUT2D eigenvalue weighted by Gasteiger charge is -2.17. The summed E-state index contributed by atoms with van der Waals surface area (Å²) >= 11 is 0. The molecule has 0 saturated heterocycles. The van der Waals surface area contributed by atoms with Gasteiger partial charge in [-0.3, -0.25) is 4.99 Å². The Bertz CT molecular complexity index is 856. The fraction of sp³-hybridized carbons (Fsp3) is 0.0909. The molecular weight excluding hydrogens is 320 g/mol. The Balaban J connectivity index is 1.99. The lowest BCUT2D eigenvalue weighted by molar-refractivity contribution is 1.20. The second-order valence-electron chi connectivity index (χ2n) is 5.85. The SMILES string of the molecule is C/N=C(\N)N(C)c1ccc(N=C(c2ccccc2)c2ccccc2)cc1. The lowest BCUT2D eigenvalue weighted by atomic mass is 10.0. The summed E-state index contributed by atoms with van der Waals surface area (Å²) in [7, 11) is 3.57. The first-order valence-electron chi connectivity index (χ1n) is 8.44. The molecule has 0 fully saturated rings. The summed E-state index contributed by atoms with van der Waals surface area (Å²) in [6, 6.07) is 28.4. The first-order valence-corrected chi connectivity index (χ1v) is 8.44. The Morgan fingerprint density at radius 1 is 0.769 bits per heavy atom. The Morgan fingerprint density at radius 3 is 1.73 bits per heavy atom. The summed E-state index contributed by atoms with van der Waals surface area (Å²) in [5.41, 5.74) is 10.8. The third-order valence-corrected chi connectivity index (χ3v) is 4.15. The van der Waals surface area contributed by atoms with Crippen LogP contribution in [0.4, 0.5) is 11.4 Å². The number of nitrogens with two attached hydrogens (primary N) is 1. The minimum absolute atomic E-state index is 0.468. The van der Waals surface area contributed by atoms with Gasteiger partial charge < -0.3 is 10.6 Å². The molecule has 4 nitrogen and oxygen atoms in total. The van der Waals surface area contributed by atoms with Crippen LogP contribution < -0.4 is 10.6 Å². The predicted molar refractivity (Wildman–Crippen MR) is 111 cm³/mol. The summed E-state index contributed by atoms with van der Waals surface area (Å²) in [5, 5.41) is 0. The Hall–Kier alpha value is -3.40. The van der Waals surface area contributed by atoms with Gasteiger partial charge in [-0.05, 0) is 24.3 Å². The van der Waals surface area contributed by atoms with E-state index in [9.17, 15) is 0 Å². The van der Waals surface area contributed by atoms with Gasteiger partial charge in [0.15, 0.2) is 5.96 Å². The third kappa shape index (κ3) is 3.98. The highest BCUT2D eigenvalue weighted by molar-refractivity contribution is 6.13. The largest absolute Gasteiger partial charge is 0.370 e. The molecule has 0 bridgehead atoms. The lowest BCUT2D eigenvalue weighted by Crippen LogP contribution is -2.33. The van der Waals surface area contributed by atoms with Crippen molar-refractivity contribution in [1.29, 1.82) is 0 Å². The molecule has 0 aromatic heterocycles. The van der Waals surface area contributed by atoms with Gasteiger partial charge in [-0.1, -0.05) is 60.7 Å². The molecule has 0 amide bonds. The van der Waals surface area contributed by atoms with Crippen LogP contribution >= 0.6 is 0 Å². The van der Waals surface area contributed by atoms with E-state index < -0.39 is 0 Å². The molecule has 0 heterocycles. The van der Waals surface area contributed by atoms with Crippen molar-refractivity contribution in [3.63, 3.8) is 0 Å². The van der Waals surface area contributed by atoms with Crippen molar-refractivity contribution in [1.82, 2.24) is 0 Å². The Kier molecular flexibility index (Phi) is 5.44. The van der Waals surface area contributed by atoms with Gasteiger partial charge in [0.2, 0.25) is 0 Å². The first-order chi connectivity index (χ1) is 12.7. The van der Waals surface area contributed by atoms with Crippen LogP contribution in [0, 0.1) is 0 Å². The highest BCUT2D eigenvalue weighted by Crippen LogP contribution is 2.22. The van der Waals surface area contributed by atoms with Crippen LogP contribution in [0.15, 0.2) is 94.9 Å². The van der Waals surface area contributed by atoms with Crippen LogP contribution in [-0.4, -0.2) is 25.8 Å². The van der Waals surface area contributed by atoms with Crippen LogP contribution in [0.2, 0.25) is 0 Å². The van der Waals surface area contributed by atoms with E-state index in [1.807, 2.05) is 72.6 Å². The van der Waals surface area contributed by atoms with Crippen molar-refractivity contribution in [2.24, 2.45) is 15.7 Å². The summed E-state index contributed by atoms with van der Waals surface area (Å²) < 4.78 is 0. The smallest absolute Gasteiger partial charge is 0.195 e. The topological polar surface area (TPSA) is 54.0 Å². The first kappa shape index (κ1) is 17.4. The molecule has 2 N–H and O–H groups in total. The van der Waals surface area contributed by atoms with Crippen molar-refractivity contribution in [3.05, 3.63) is 96.1 Å². The average Bonchev–Trinajstić information content (AvgIpc) is 2.72. The van der Waals surface area contributed by atoms with Gasteiger partial charge in [0.05, 0.1) is 11.4 Å². The molecule has 0 aliphatic heterocycles. The molecule has 3 aromatic carbocycles. The fourth-order valence-corrected chi connectivity index (χ4v) is 2.65. The summed E-state index contributed by atoms with van der Waals surface area (Å²) in [6.45, 7) is 0. The number of hydrogen-bond acceptors (Lipinski definition) is 2. The second-order valence-corrected chi connectivity index (χ2v) is 5.85. The summed E-state index contributed by atoms with van der Waals surface area (Å²) in [4.78, 5) is 10.7. The average molecular weight is 342 g/mol. The van der Waals surface area contributed by atoms with Crippen LogP contribution in [-0.2, 0) is 0 Å². The zero-order valence-corrected chi connectivity index (χ0v) is 15.0. The quantitative estimate of drug-likeness (QED) is 0.570. The van der Waals surface area contributed by atoms with Gasteiger partial charge in [0, 0.05) is 30.9 Å². The highest BCUT2D eigenvalue weighted by Gasteiger charge is 2.08. The van der Waals surface area contributed by atoms with Crippen LogP contribution in [0.3, 0.4) is 0 Å². The van der Waals surface area contributed by atoms with Gasteiger partial charge in [-0.2, -0.15) is 0 Å². The van der Waals surface area contributed by atoms with Crippen LogP contribution in [0.25, 0.3) is 0 Å². The van der Waals surface area contributed by atoms with Gasteiger partial charge in [0.25, 0.3) is 0 Å². The standard InChI is InChI=1S/C22H22N4/c1-24-22(23)26(2)20-15-13-19(14-16-20)25-21(17-9-5-3-6-10-17)18-11-7-4-8-12-18/h3-16H,1-2H3,(H2,23,24). The van der Waals surface area contributed by atoms with Crippen molar-refractivity contribution in [2.75, 3.05) is 19.0 Å². The zero-order valence-electron chi connectivity index (χ0n) is 15.0. The molecule has 3 rings (SSSR count). The van der Waals surface area contributed by atoms with Gasteiger partial charge in [-0.15, -0.1) is 0 Å². The fourth-order valence-electron chi connectivity index (χ4n) is 2.65. The molecule has 0 aliphatic rings. The second kappa shape index (κ2) is 8.12. The minimum atomic E-state index is 0.468. The van der Waals surface area contributed by atoms with Gasteiger partial charge in [-0.25, -0.2) is 4.99 Å². The number of benzene rings is 3. The number of aliphatic imine (C=N–C) groups is 2. The molecule has 0 radical (unpaired) electrons. The molecule has 0 aliphatic carbocycles. The van der Waals surface area contributed by atoms with E-state index in [0.717, 1.165) is 28.2 Å². The molecule has 26 heavy (non-hydrogen) atoms. The molecule has 0 unspecified atom stereocenters. The van der Waals surface area contributed by atoms with Crippen LogP contribution in [0.5, 0.6) is 0 Å². The maximum Gasteiger partial charge on any atom is 0.195 e. The summed E-state index contributed by atoms with van der Waals surface area (Å²) in [6.07, 6.45) is 0. The molecule has 0 spiro atoms. The molecule has 4 heteroatoms. The summed E-state index contributed by atoms with van der Waals surface area (Å²) in [5.74, 6) is 0.468. The van der Waals surface area contributed by atoms with E-state index in [1.165, 1.54) is 0 Å². The van der Waals surface area contributed by atoms with Crippen molar-refractivity contribution < 1.29 is 0 Å². The maximum absolute atomic E-state index is 5.87. The molecular formula is C22H22N4. The number of hydrogen-bond donors (Lipinski definition) is 1. The Morgan fingerprint density at radius 2 is 1.27 bits per heavy atom. The molecule has 0 saturated carbocycles. The van der Waals surface area contributed by atoms with E-state index in [1.54, 1.807) is 7.05 Å². The maximum atomic E-state index is 5.87. The number of nitrogens with zero attached hydrogens (tertiary/aromatic N) is 3. The van der Waals surface area contributed by atoms with E-state index in [0.29, 0.717) is 5.96 Å². The molecule has 130 valence electrons. The van der Waals surface area contributed by atoms with E-state index in [2.05, 4.69) is 29.3 Å². The monoisotopic (exact) mass is 342 g/mol. The highest BCUT2D eigenvalue weighted by atomic mass is 15.2. The van der Waals surface area contributed by atoms with E-state index in [-0.39, 0.29) is 0 Å². The van der Waals surface area contributed by atoms with Crippen molar-refractivity contribution >= 4 is 23.0 Å². The van der Waals surface area contributed by atoms with E-state index in [4.69, 9.17) is 10.7 Å². The van der Waals surface area contributed by atoms with Gasteiger partial charge >= 0.3 is 0 Å². The minimum Gasteiger partial charge on any atom is -0.370 e. The van der Waals surface area contributed by atoms with Gasteiger partial charge in [0.1, 0.15) is 0 Å².